The summed E-state index contributed by atoms with van der Waals surface area (Å²) in [6.45, 7) is 8.61. The van der Waals surface area contributed by atoms with Crippen LogP contribution in [0.3, 0.4) is 0 Å². The fourth-order valence-corrected chi connectivity index (χ4v) is 1.64. The zero-order valence-corrected chi connectivity index (χ0v) is 12.3. The standard InChI is InChI=1S/C13H26N2O4/c1-5-19-13(3,4)9-14-12(18)15-10(2)7-6-8-11(16)17/h10H,5-9H2,1-4H3,(H,16,17)(H2,14,15,18). The van der Waals surface area contributed by atoms with Crippen molar-refractivity contribution >= 4 is 12.0 Å². The topological polar surface area (TPSA) is 87.7 Å². The van der Waals surface area contributed by atoms with Crippen LogP contribution in [0, 0.1) is 0 Å². The molecule has 112 valence electrons. The first-order chi connectivity index (χ1) is 8.76. The Morgan fingerprint density at radius 3 is 2.53 bits per heavy atom. The average molecular weight is 274 g/mol. The number of rotatable bonds is 9. The fourth-order valence-electron chi connectivity index (χ4n) is 1.64. The zero-order valence-electron chi connectivity index (χ0n) is 12.3. The minimum Gasteiger partial charge on any atom is -0.481 e. The first-order valence-electron chi connectivity index (χ1n) is 6.67. The molecule has 0 radical (unpaired) electrons. The van der Waals surface area contributed by atoms with Gasteiger partial charge >= 0.3 is 12.0 Å². The molecule has 0 aromatic heterocycles. The summed E-state index contributed by atoms with van der Waals surface area (Å²) in [5.41, 5.74) is -0.390. The molecule has 0 bridgehead atoms. The summed E-state index contributed by atoms with van der Waals surface area (Å²) in [6.07, 6.45) is 1.33. The largest absolute Gasteiger partial charge is 0.481 e. The van der Waals surface area contributed by atoms with Gasteiger partial charge in [-0.25, -0.2) is 4.79 Å². The summed E-state index contributed by atoms with van der Waals surface area (Å²) in [5, 5.41) is 14.0. The maximum absolute atomic E-state index is 11.6. The molecule has 0 rings (SSSR count). The lowest BCUT2D eigenvalue weighted by Crippen LogP contribution is -2.47. The number of amides is 2. The summed E-state index contributed by atoms with van der Waals surface area (Å²) < 4.78 is 5.47. The summed E-state index contributed by atoms with van der Waals surface area (Å²) in [5.74, 6) is -0.810. The van der Waals surface area contributed by atoms with Gasteiger partial charge in [-0.1, -0.05) is 0 Å². The van der Waals surface area contributed by atoms with E-state index in [1.54, 1.807) is 0 Å². The molecule has 6 nitrogen and oxygen atoms in total. The normalized spacial score (nSPS) is 12.8. The van der Waals surface area contributed by atoms with Gasteiger partial charge in [-0.05, 0) is 40.5 Å². The van der Waals surface area contributed by atoms with Gasteiger partial charge in [0.25, 0.3) is 0 Å². The molecular weight excluding hydrogens is 248 g/mol. The Morgan fingerprint density at radius 2 is 2.00 bits per heavy atom. The quantitative estimate of drug-likeness (QED) is 0.597. The number of hydrogen-bond donors (Lipinski definition) is 3. The molecule has 0 aromatic carbocycles. The molecular formula is C13H26N2O4. The highest BCUT2D eigenvalue weighted by atomic mass is 16.5. The molecule has 0 spiro atoms. The highest BCUT2D eigenvalue weighted by Gasteiger charge is 2.18. The van der Waals surface area contributed by atoms with Crippen LogP contribution < -0.4 is 10.6 Å². The predicted octanol–water partition coefficient (Wildman–Crippen LogP) is 1.74. The van der Waals surface area contributed by atoms with Crippen molar-refractivity contribution in [3.63, 3.8) is 0 Å². The molecule has 0 aliphatic rings. The number of aliphatic carboxylic acids is 1. The second-order valence-electron chi connectivity index (χ2n) is 5.21. The van der Waals surface area contributed by atoms with Gasteiger partial charge in [0.2, 0.25) is 0 Å². The van der Waals surface area contributed by atoms with Crippen molar-refractivity contribution in [2.24, 2.45) is 0 Å². The number of carboxylic acid groups (broad SMARTS) is 1. The number of carboxylic acids is 1. The van der Waals surface area contributed by atoms with E-state index < -0.39 is 11.6 Å². The van der Waals surface area contributed by atoms with E-state index in [9.17, 15) is 9.59 Å². The van der Waals surface area contributed by atoms with Crippen LogP contribution in [-0.4, -0.2) is 41.9 Å². The minimum absolute atomic E-state index is 0.0467. The SMILES string of the molecule is CCOC(C)(C)CNC(=O)NC(C)CCCC(=O)O. The number of carbonyl (C=O) groups is 2. The molecule has 0 saturated carbocycles. The Balaban J connectivity index is 3.81. The number of hydrogen-bond acceptors (Lipinski definition) is 3. The summed E-state index contributed by atoms with van der Waals surface area (Å²) >= 11 is 0. The lowest BCUT2D eigenvalue weighted by molar-refractivity contribution is -0.137. The Labute approximate surface area is 114 Å². The van der Waals surface area contributed by atoms with Crippen LogP contribution in [0.1, 0.15) is 47.0 Å². The van der Waals surface area contributed by atoms with E-state index in [4.69, 9.17) is 9.84 Å². The van der Waals surface area contributed by atoms with E-state index in [1.165, 1.54) is 0 Å². The highest BCUT2D eigenvalue weighted by Crippen LogP contribution is 2.06. The molecule has 0 aromatic rings. The smallest absolute Gasteiger partial charge is 0.315 e. The molecule has 0 aliphatic carbocycles. The minimum atomic E-state index is -0.810. The van der Waals surface area contributed by atoms with Crippen molar-refractivity contribution in [3.05, 3.63) is 0 Å². The molecule has 0 fully saturated rings. The van der Waals surface area contributed by atoms with Gasteiger partial charge < -0.3 is 20.5 Å². The van der Waals surface area contributed by atoms with Crippen molar-refractivity contribution in [1.82, 2.24) is 10.6 Å². The third kappa shape index (κ3) is 10.3. The molecule has 1 unspecified atom stereocenters. The van der Waals surface area contributed by atoms with Gasteiger partial charge in [0, 0.05) is 25.6 Å². The van der Waals surface area contributed by atoms with Crippen molar-refractivity contribution in [3.8, 4) is 0 Å². The Hall–Kier alpha value is -1.30. The average Bonchev–Trinajstić information content (AvgIpc) is 2.26. The molecule has 0 saturated heterocycles. The number of ether oxygens (including phenoxy) is 1. The van der Waals surface area contributed by atoms with Crippen molar-refractivity contribution in [2.75, 3.05) is 13.2 Å². The number of nitrogens with one attached hydrogen (secondary N) is 2. The van der Waals surface area contributed by atoms with Gasteiger partial charge in [0.1, 0.15) is 0 Å². The van der Waals surface area contributed by atoms with Crippen molar-refractivity contribution in [2.45, 2.75) is 58.6 Å². The van der Waals surface area contributed by atoms with Gasteiger partial charge in [-0.3, -0.25) is 4.79 Å². The van der Waals surface area contributed by atoms with E-state index in [0.29, 0.717) is 26.0 Å². The van der Waals surface area contributed by atoms with Crippen LogP contribution in [0.2, 0.25) is 0 Å². The van der Waals surface area contributed by atoms with Gasteiger partial charge in [-0.2, -0.15) is 0 Å². The number of urea groups is 1. The van der Waals surface area contributed by atoms with Crippen molar-refractivity contribution in [1.29, 1.82) is 0 Å². The summed E-state index contributed by atoms with van der Waals surface area (Å²) in [6, 6.07) is -0.301. The van der Waals surface area contributed by atoms with Gasteiger partial charge in [0.05, 0.1) is 5.60 Å². The van der Waals surface area contributed by atoms with Crippen LogP contribution >= 0.6 is 0 Å². The molecule has 1 atom stereocenters. The second-order valence-corrected chi connectivity index (χ2v) is 5.21. The molecule has 3 N–H and O–H groups in total. The number of carbonyl (C=O) groups excluding carboxylic acids is 1. The maximum Gasteiger partial charge on any atom is 0.315 e. The van der Waals surface area contributed by atoms with E-state index in [1.807, 2.05) is 27.7 Å². The highest BCUT2D eigenvalue weighted by molar-refractivity contribution is 5.74. The molecule has 6 heteroatoms. The van der Waals surface area contributed by atoms with Crippen LogP contribution in [-0.2, 0) is 9.53 Å². The Morgan fingerprint density at radius 1 is 1.37 bits per heavy atom. The first kappa shape index (κ1) is 17.7. The van der Waals surface area contributed by atoms with Gasteiger partial charge in [-0.15, -0.1) is 0 Å². The summed E-state index contributed by atoms with van der Waals surface area (Å²) in [4.78, 5) is 22.0. The van der Waals surface area contributed by atoms with E-state index >= 15 is 0 Å². The first-order valence-corrected chi connectivity index (χ1v) is 6.67. The van der Waals surface area contributed by atoms with E-state index in [-0.39, 0.29) is 18.5 Å². The fraction of sp³-hybridized carbons (Fsp3) is 0.846. The molecule has 2 amide bonds. The Bertz CT molecular complexity index is 292. The van der Waals surface area contributed by atoms with Crippen LogP contribution in [0.5, 0.6) is 0 Å². The monoisotopic (exact) mass is 274 g/mol. The van der Waals surface area contributed by atoms with E-state index in [0.717, 1.165) is 0 Å². The maximum atomic E-state index is 11.6. The van der Waals surface area contributed by atoms with Crippen LogP contribution in [0.4, 0.5) is 4.79 Å². The van der Waals surface area contributed by atoms with Gasteiger partial charge in [0.15, 0.2) is 0 Å². The third-order valence-corrected chi connectivity index (χ3v) is 2.62. The van der Waals surface area contributed by atoms with E-state index in [2.05, 4.69) is 10.6 Å². The lowest BCUT2D eigenvalue weighted by atomic mass is 10.1. The molecule has 0 aliphatic heterocycles. The van der Waals surface area contributed by atoms with Crippen molar-refractivity contribution < 1.29 is 19.4 Å². The molecule has 19 heavy (non-hydrogen) atoms. The zero-order chi connectivity index (χ0) is 14.9. The predicted molar refractivity (Wildman–Crippen MR) is 73.2 cm³/mol. The second kappa shape index (κ2) is 8.74. The summed E-state index contributed by atoms with van der Waals surface area (Å²) in [7, 11) is 0. The lowest BCUT2D eigenvalue weighted by Gasteiger charge is -2.25. The third-order valence-electron chi connectivity index (χ3n) is 2.62. The van der Waals surface area contributed by atoms with Crippen LogP contribution in [0.15, 0.2) is 0 Å². The Kier molecular flexibility index (Phi) is 8.14. The van der Waals surface area contributed by atoms with Crippen LogP contribution in [0.25, 0.3) is 0 Å². The molecule has 0 heterocycles.